The van der Waals surface area contributed by atoms with Crippen molar-refractivity contribution in [3.63, 3.8) is 0 Å². The van der Waals surface area contributed by atoms with Gasteiger partial charge in [-0.25, -0.2) is 0 Å². The molecule has 14 heavy (non-hydrogen) atoms. The van der Waals surface area contributed by atoms with Crippen molar-refractivity contribution in [1.29, 1.82) is 0 Å². The van der Waals surface area contributed by atoms with Gasteiger partial charge in [-0.05, 0) is 17.7 Å². The van der Waals surface area contributed by atoms with Crippen LogP contribution in [0.2, 0.25) is 5.02 Å². The minimum atomic E-state index is -0.0695. The van der Waals surface area contributed by atoms with Crippen molar-refractivity contribution in [2.75, 3.05) is 13.6 Å². The van der Waals surface area contributed by atoms with Crippen LogP contribution in [0, 0.1) is 0 Å². The van der Waals surface area contributed by atoms with Crippen molar-refractivity contribution in [3.05, 3.63) is 34.9 Å². The van der Waals surface area contributed by atoms with E-state index in [1.54, 1.807) is 24.1 Å². The van der Waals surface area contributed by atoms with Gasteiger partial charge >= 0.3 is 0 Å². The fourth-order valence-corrected chi connectivity index (χ4v) is 1.23. The van der Waals surface area contributed by atoms with Crippen molar-refractivity contribution in [1.82, 2.24) is 4.90 Å². The molecule has 0 aliphatic heterocycles. The summed E-state index contributed by atoms with van der Waals surface area (Å²) in [5.41, 5.74) is 6.28. The van der Waals surface area contributed by atoms with E-state index in [9.17, 15) is 4.79 Å². The van der Waals surface area contributed by atoms with Gasteiger partial charge in [0.2, 0.25) is 5.91 Å². The van der Waals surface area contributed by atoms with Gasteiger partial charge in [-0.1, -0.05) is 23.7 Å². The van der Waals surface area contributed by atoms with Crippen LogP contribution in [0.4, 0.5) is 0 Å². The summed E-state index contributed by atoms with van der Waals surface area (Å²) in [6, 6.07) is 7.39. The van der Waals surface area contributed by atoms with Crippen LogP contribution in [-0.2, 0) is 11.3 Å². The monoisotopic (exact) mass is 212 g/mol. The highest BCUT2D eigenvalue weighted by atomic mass is 35.5. The lowest BCUT2D eigenvalue weighted by atomic mass is 10.2. The van der Waals surface area contributed by atoms with Crippen molar-refractivity contribution in [2.45, 2.75) is 6.54 Å². The molecule has 1 aromatic carbocycles. The number of likely N-dealkylation sites (N-methyl/N-ethyl adjacent to an activating group) is 1. The smallest absolute Gasteiger partial charge is 0.236 e. The molecule has 4 heteroatoms. The minimum absolute atomic E-state index is 0.0457. The van der Waals surface area contributed by atoms with Crippen molar-refractivity contribution in [2.24, 2.45) is 5.73 Å². The SMILES string of the molecule is CN(Cc1ccc(Cl)cc1)C(=O)CN. The standard InChI is InChI=1S/C10H13ClN2O/c1-13(10(14)6-12)7-8-2-4-9(11)5-3-8/h2-5H,6-7,12H2,1H3. The molecule has 0 aromatic heterocycles. The topological polar surface area (TPSA) is 46.3 Å². The van der Waals surface area contributed by atoms with Crippen LogP contribution in [0.1, 0.15) is 5.56 Å². The summed E-state index contributed by atoms with van der Waals surface area (Å²) in [5.74, 6) is -0.0695. The van der Waals surface area contributed by atoms with Gasteiger partial charge in [-0.15, -0.1) is 0 Å². The fourth-order valence-electron chi connectivity index (χ4n) is 1.11. The first-order valence-electron chi connectivity index (χ1n) is 4.32. The van der Waals surface area contributed by atoms with E-state index in [2.05, 4.69) is 0 Å². The maximum absolute atomic E-state index is 11.2. The van der Waals surface area contributed by atoms with E-state index >= 15 is 0 Å². The third-order valence-electron chi connectivity index (χ3n) is 1.93. The molecule has 2 N–H and O–H groups in total. The molecular formula is C10H13ClN2O. The van der Waals surface area contributed by atoms with Crippen molar-refractivity contribution < 1.29 is 4.79 Å². The van der Waals surface area contributed by atoms with Crippen LogP contribution >= 0.6 is 11.6 Å². The second kappa shape index (κ2) is 4.98. The lowest BCUT2D eigenvalue weighted by Crippen LogP contribution is -2.32. The molecule has 0 aliphatic rings. The van der Waals surface area contributed by atoms with Gasteiger partial charge < -0.3 is 10.6 Å². The van der Waals surface area contributed by atoms with Gasteiger partial charge in [-0.3, -0.25) is 4.79 Å². The molecule has 0 unspecified atom stereocenters. The molecule has 1 aromatic rings. The van der Waals surface area contributed by atoms with Gasteiger partial charge in [0.1, 0.15) is 0 Å². The second-order valence-corrected chi connectivity index (χ2v) is 3.52. The van der Waals surface area contributed by atoms with Gasteiger partial charge in [0.05, 0.1) is 6.54 Å². The number of amides is 1. The molecule has 0 saturated heterocycles. The van der Waals surface area contributed by atoms with Gasteiger partial charge in [-0.2, -0.15) is 0 Å². The normalized spacial score (nSPS) is 9.93. The highest BCUT2D eigenvalue weighted by molar-refractivity contribution is 6.30. The predicted molar refractivity (Wildman–Crippen MR) is 57.0 cm³/mol. The summed E-state index contributed by atoms with van der Waals surface area (Å²) in [7, 11) is 1.73. The maximum Gasteiger partial charge on any atom is 0.236 e. The second-order valence-electron chi connectivity index (χ2n) is 3.08. The molecule has 0 saturated carbocycles. The Labute approximate surface area is 88.5 Å². The van der Waals surface area contributed by atoms with Gasteiger partial charge in [0, 0.05) is 18.6 Å². The first-order valence-corrected chi connectivity index (χ1v) is 4.69. The van der Waals surface area contributed by atoms with Gasteiger partial charge in [0.15, 0.2) is 0 Å². The molecule has 76 valence electrons. The lowest BCUT2D eigenvalue weighted by molar-refractivity contribution is -0.128. The minimum Gasteiger partial charge on any atom is -0.340 e. The number of hydrogen-bond donors (Lipinski definition) is 1. The Hall–Kier alpha value is -1.06. The first-order chi connectivity index (χ1) is 6.63. The van der Waals surface area contributed by atoms with Crippen LogP contribution in [0.15, 0.2) is 24.3 Å². The molecular weight excluding hydrogens is 200 g/mol. The molecule has 0 fully saturated rings. The van der Waals surface area contributed by atoms with E-state index < -0.39 is 0 Å². The van der Waals surface area contributed by atoms with Gasteiger partial charge in [0.25, 0.3) is 0 Å². The van der Waals surface area contributed by atoms with Crippen LogP contribution in [0.25, 0.3) is 0 Å². The Balaban J connectivity index is 2.60. The number of hydrogen-bond acceptors (Lipinski definition) is 2. The predicted octanol–water partition coefficient (Wildman–Crippen LogP) is 1.26. The Bertz CT molecular complexity index is 310. The average Bonchev–Trinajstić information content (AvgIpc) is 2.20. The van der Waals surface area contributed by atoms with Crippen molar-refractivity contribution in [3.8, 4) is 0 Å². The number of benzene rings is 1. The zero-order chi connectivity index (χ0) is 10.6. The number of rotatable bonds is 3. The molecule has 0 radical (unpaired) electrons. The quantitative estimate of drug-likeness (QED) is 0.820. The zero-order valence-corrected chi connectivity index (χ0v) is 8.79. The molecule has 0 heterocycles. The summed E-state index contributed by atoms with van der Waals surface area (Å²) in [6.07, 6.45) is 0. The summed E-state index contributed by atoms with van der Waals surface area (Å²) < 4.78 is 0. The largest absolute Gasteiger partial charge is 0.340 e. The number of carbonyl (C=O) groups is 1. The van der Waals surface area contributed by atoms with E-state index in [0.717, 1.165) is 5.56 Å². The number of nitrogens with zero attached hydrogens (tertiary/aromatic N) is 1. The average molecular weight is 213 g/mol. The lowest BCUT2D eigenvalue weighted by Gasteiger charge is -2.15. The molecule has 3 nitrogen and oxygen atoms in total. The fraction of sp³-hybridized carbons (Fsp3) is 0.300. The Morgan fingerprint density at radius 2 is 2.00 bits per heavy atom. The summed E-state index contributed by atoms with van der Waals surface area (Å²) in [5, 5.41) is 0.696. The Morgan fingerprint density at radius 3 is 2.50 bits per heavy atom. The molecule has 0 aliphatic carbocycles. The van der Waals surface area contributed by atoms with E-state index in [-0.39, 0.29) is 12.5 Å². The summed E-state index contributed by atoms with van der Waals surface area (Å²) in [6.45, 7) is 0.608. The van der Waals surface area contributed by atoms with Crippen molar-refractivity contribution >= 4 is 17.5 Å². The highest BCUT2D eigenvalue weighted by Crippen LogP contribution is 2.10. The first kappa shape index (κ1) is 11.0. The zero-order valence-electron chi connectivity index (χ0n) is 8.03. The number of nitrogens with two attached hydrogens (primary N) is 1. The van der Waals surface area contributed by atoms with Crippen LogP contribution in [-0.4, -0.2) is 24.4 Å². The maximum atomic E-state index is 11.2. The highest BCUT2D eigenvalue weighted by Gasteiger charge is 2.05. The number of halogens is 1. The summed E-state index contributed by atoms with van der Waals surface area (Å²) in [4.78, 5) is 12.7. The van der Waals surface area contributed by atoms with E-state index in [1.165, 1.54) is 0 Å². The third kappa shape index (κ3) is 3.01. The summed E-state index contributed by atoms with van der Waals surface area (Å²) >= 11 is 5.74. The van der Waals surface area contributed by atoms with E-state index in [1.807, 2.05) is 12.1 Å². The molecule has 0 spiro atoms. The van der Waals surface area contributed by atoms with Crippen LogP contribution in [0.3, 0.4) is 0 Å². The third-order valence-corrected chi connectivity index (χ3v) is 2.19. The molecule has 1 amide bonds. The van der Waals surface area contributed by atoms with E-state index in [4.69, 9.17) is 17.3 Å². The Morgan fingerprint density at radius 1 is 1.43 bits per heavy atom. The van der Waals surface area contributed by atoms with Crippen LogP contribution in [0.5, 0.6) is 0 Å². The Kier molecular flexibility index (Phi) is 3.92. The van der Waals surface area contributed by atoms with Crippen LogP contribution < -0.4 is 5.73 Å². The molecule has 0 atom stereocenters. The van der Waals surface area contributed by atoms with E-state index in [0.29, 0.717) is 11.6 Å². The number of carbonyl (C=O) groups excluding carboxylic acids is 1. The molecule has 0 bridgehead atoms. The molecule has 1 rings (SSSR count).